The average Bonchev–Trinajstić information content (AvgIpc) is 2.37. The molecule has 0 unspecified atom stereocenters. The summed E-state index contributed by atoms with van der Waals surface area (Å²) < 4.78 is 5.04. The summed E-state index contributed by atoms with van der Waals surface area (Å²) >= 11 is 6.35. The second kappa shape index (κ2) is 8.41. The molecule has 1 N–H and O–H groups in total. The van der Waals surface area contributed by atoms with Crippen LogP contribution in [0, 0.1) is 0 Å². The Balaban J connectivity index is 2.88. The highest BCUT2D eigenvalue weighted by molar-refractivity contribution is 6.31. The summed E-state index contributed by atoms with van der Waals surface area (Å²) in [5, 5.41) is 4.19. The van der Waals surface area contributed by atoms with Gasteiger partial charge in [0.25, 0.3) is 0 Å². The van der Waals surface area contributed by atoms with E-state index in [1.54, 1.807) is 7.11 Å². The molecule has 0 fully saturated rings. The minimum Gasteiger partial charge on any atom is -0.383 e. The monoisotopic (exact) mass is 284 g/mol. The summed E-state index contributed by atoms with van der Waals surface area (Å²) in [6.07, 6.45) is 0. The third kappa shape index (κ3) is 4.68. The fourth-order valence-corrected chi connectivity index (χ4v) is 2.43. The summed E-state index contributed by atoms with van der Waals surface area (Å²) in [6, 6.07) is 6.57. The van der Waals surface area contributed by atoms with Crippen LogP contribution in [0.5, 0.6) is 0 Å². The van der Waals surface area contributed by atoms with Gasteiger partial charge >= 0.3 is 0 Å². The lowest BCUT2D eigenvalue weighted by Gasteiger charge is -2.30. The van der Waals surface area contributed by atoms with Crippen LogP contribution in [0.25, 0.3) is 0 Å². The van der Waals surface area contributed by atoms with Gasteiger partial charge in [0.1, 0.15) is 0 Å². The molecule has 1 aromatic rings. The Labute approximate surface area is 121 Å². The van der Waals surface area contributed by atoms with Gasteiger partial charge in [-0.05, 0) is 32.9 Å². The van der Waals surface area contributed by atoms with Gasteiger partial charge in [-0.2, -0.15) is 0 Å². The van der Waals surface area contributed by atoms with E-state index in [0.29, 0.717) is 12.6 Å². The number of anilines is 1. The number of methoxy groups -OCH3 is 1. The van der Waals surface area contributed by atoms with Crippen molar-refractivity contribution in [1.82, 2.24) is 5.32 Å². The largest absolute Gasteiger partial charge is 0.383 e. The van der Waals surface area contributed by atoms with Crippen LogP contribution in [-0.4, -0.2) is 32.8 Å². The normalized spacial score (nSPS) is 11.1. The highest BCUT2D eigenvalue weighted by Crippen LogP contribution is 2.28. The van der Waals surface area contributed by atoms with Gasteiger partial charge in [0.15, 0.2) is 0 Å². The van der Waals surface area contributed by atoms with Gasteiger partial charge in [-0.3, -0.25) is 0 Å². The van der Waals surface area contributed by atoms with E-state index in [1.807, 2.05) is 12.1 Å². The van der Waals surface area contributed by atoms with Crippen molar-refractivity contribution in [2.75, 3.05) is 31.7 Å². The molecule has 1 aromatic carbocycles. The lowest BCUT2D eigenvalue weighted by molar-refractivity contribution is 0.199. The minimum absolute atomic E-state index is 0.459. The maximum absolute atomic E-state index is 6.35. The van der Waals surface area contributed by atoms with Crippen LogP contribution in [0.15, 0.2) is 18.2 Å². The fraction of sp³-hybridized carbons (Fsp3) is 0.600. The Morgan fingerprint density at radius 1 is 1.37 bits per heavy atom. The molecule has 0 aliphatic carbocycles. The number of ether oxygens (including phenoxy) is 1. The first kappa shape index (κ1) is 16.3. The predicted molar refractivity (Wildman–Crippen MR) is 83.2 cm³/mol. The van der Waals surface area contributed by atoms with Crippen LogP contribution in [-0.2, 0) is 11.3 Å². The summed E-state index contributed by atoms with van der Waals surface area (Å²) in [7, 11) is 1.71. The van der Waals surface area contributed by atoms with Crippen molar-refractivity contribution >= 4 is 17.3 Å². The van der Waals surface area contributed by atoms with E-state index in [-0.39, 0.29) is 0 Å². The van der Waals surface area contributed by atoms with Crippen LogP contribution in [0.4, 0.5) is 5.69 Å². The zero-order valence-electron chi connectivity index (χ0n) is 12.4. The van der Waals surface area contributed by atoms with Crippen LogP contribution in [0.1, 0.15) is 26.3 Å². The second-order valence-corrected chi connectivity index (χ2v) is 5.19. The van der Waals surface area contributed by atoms with Gasteiger partial charge in [-0.25, -0.2) is 0 Å². The molecular formula is C15H25ClN2O. The first-order valence-corrected chi connectivity index (χ1v) is 7.23. The third-order valence-corrected chi connectivity index (χ3v) is 3.51. The molecule has 0 radical (unpaired) electrons. The highest BCUT2D eigenvalue weighted by Gasteiger charge is 2.14. The van der Waals surface area contributed by atoms with E-state index in [0.717, 1.165) is 30.2 Å². The van der Waals surface area contributed by atoms with E-state index in [4.69, 9.17) is 16.3 Å². The van der Waals surface area contributed by atoms with Crippen molar-refractivity contribution in [2.24, 2.45) is 0 Å². The number of halogens is 1. The van der Waals surface area contributed by atoms with Gasteiger partial charge < -0.3 is 15.0 Å². The van der Waals surface area contributed by atoms with Crippen LogP contribution >= 0.6 is 11.6 Å². The van der Waals surface area contributed by atoms with Crippen molar-refractivity contribution in [3.8, 4) is 0 Å². The molecule has 0 saturated carbocycles. The molecule has 0 aliphatic rings. The molecule has 0 heterocycles. The summed E-state index contributed by atoms with van der Waals surface area (Å²) in [5.74, 6) is 0. The van der Waals surface area contributed by atoms with Crippen molar-refractivity contribution in [3.63, 3.8) is 0 Å². The fourth-order valence-electron chi connectivity index (χ4n) is 2.19. The van der Waals surface area contributed by atoms with Gasteiger partial charge in [0.2, 0.25) is 0 Å². The summed E-state index contributed by atoms with van der Waals surface area (Å²) in [5.41, 5.74) is 2.38. The number of nitrogens with one attached hydrogen (secondary N) is 1. The van der Waals surface area contributed by atoms with Crippen LogP contribution in [0.3, 0.4) is 0 Å². The Kier molecular flexibility index (Phi) is 7.21. The van der Waals surface area contributed by atoms with E-state index >= 15 is 0 Å². The van der Waals surface area contributed by atoms with Crippen LogP contribution in [0.2, 0.25) is 5.02 Å². The van der Waals surface area contributed by atoms with E-state index in [9.17, 15) is 0 Å². The number of benzene rings is 1. The Morgan fingerprint density at radius 2 is 2.11 bits per heavy atom. The standard InChI is InChI=1S/C15H25ClN2O/c1-5-18(12(2)3)15-8-6-7-14(16)13(15)11-17-9-10-19-4/h6-8,12,17H,5,9-11H2,1-4H3. The zero-order chi connectivity index (χ0) is 14.3. The van der Waals surface area contributed by atoms with Crippen molar-refractivity contribution in [3.05, 3.63) is 28.8 Å². The Bertz CT molecular complexity index is 382. The zero-order valence-corrected chi connectivity index (χ0v) is 13.1. The van der Waals surface area contributed by atoms with Crippen molar-refractivity contribution in [2.45, 2.75) is 33.4 Å². The van der Waals surface area contributed by atoms with Gasteiger partial charge in [-0.15, -0.1) is 0 Å². The lowest BCUT2D eigenvalue weighted by atomic mass is 10.1. The quantitative estimate of drug-likeness (QED) is 0.741. The number of nitrogens with zero attached hydrogens (tertiary/aromatic N) is 1. The lowest BCUT2D eigenvalue weighted by Crippen LogP contribution is -2.32. The first-order chi connectivity index (χ1) is 9.11. The highest BCUT2D eigenvalue weighted by atomic mass is 35.5. The SMILES string of the molecule is CCN(c1cccc(Cl)c1CNCCOC)C(C)C. The van der Waals surface area contributed by atoms with E-state index in [1.165, 1.54) is 5.69 Å². The maximum Gasteiger partial charge on any atom is 0.0587 e. The minimum atomic E-state index is 0.459. The Hall–Kier alpha value is -0.770. The molecule has 0 atom stereocenters. The Morgan fingerprint density at radius 3 is 2.68 bits per heavy atom. The maximum atomic E-state index is 6.35. The molecule has 0 bridgehead atoms. The topological polar surface area (TPSA) is 24.5 Å². The van der Waals surface area contributed by atoms with Gasteiger partial charge in [0.05, 0.1) is 6.61 Å². The van der Waals surface area contributed by atoms with Gasteiger partial charge in [0, 0.05) is 49.1 Å². The molecule has 108 valence electrons. The van der Waals surface area contributed by atoms with Gasteiger partial charge in [-0.1, -0.05) is 17.7 Å². The number of rotatable bonds is 8. The summed E-state index contributed by atoms with van der Waals surface area (Å²) in [6.45, 7) is 9.85. The number of hydrogen-bond donors (Lipinski definition) is 1. The van der Waals surface area contributed by atoms with E-state index in [2.05, 4.69) is 37.1 Å². The molecule has 0 saturated heterocycles. The molecular weight excluding hydrogens is 260 g/mol. The average molecular weight is 285 g/mol. The first-order valence-electron chi connectivity index (χ1n) is 6.85. The molecule has 19 heavy (non-hydrogen) atoms. The molecule has 4 heteroatoms. The molecule has 0 spiro atoms. The molecule has 0 aromatic heterocycles. The molecule has 0 aliphatic heterocycles. The molecule has 1 rings (SSSR count). The smallest absolute Gasteiger partial charge is 0.0587 e. The van der Waals surface area contributed by atoms with Crippen molar-refractivity contribution < 1.29 is 4.74 Å². The summed E-state index contributed by atoms with van der Waals surface area (Å²) in [4.78, 5) is 2.36. The molecule has 0 amide bonds. The van der Waals surface area contributed by atoms with Crippen molar-refractivity contribution in [1.29, 1.82) is 0 Å². The predicted octanol–water partition coefficient (Wildman–Crippen LogP) is 3.31. The number of hydrogen-bond acceptors (Lipinski definition) is 3. The third-order valence-electron chi connectivity index (χ3n) is 3.15. The van der Waals surface area contributed by atoms with E-state index < -0.39 is 0 Å². The van der Waals surface area contributed by atoms with Crippen LogP contribution < -0.4 is 10.2 Å². The molecule has 3 nitrogen and oxygen atoms in total. The second-order valence-electron chi connectivity index (χ2n) is 4.79.